The van der Waals surface area contributed by atoms with E-state index < -0.39 is 5.72 Å². The second-order valence-corrected chi connectivity index (χ2v) is 7.93. The minimum atomic E-state index is -1.09. The van der Waals surface area contributed by atoms with E-state index in [1.807, 2.05) is 52.9 Å². The van der Waals surface area contributed by atoms with Crippen LogP contribution in [0.2, 0.25) is 0 Å². The highest BCUT2D eigenvalue weighted by Gasteiger charge is 2.35. The lowest BCUT2D eigenvalue weighted by Gasteiger charge is -2.41. The number of nitrogens with two attached hydrogens (primary N) is 1. The Labute approximate surface area is 199 Å². The van der Waals surface area contributed by atoms with E-state index in [1.165, 1.54) is 12.1 Å². The maximum Gasteiger partial charge on any atom is 0.184 e. The minimum Gasteiger partial charge on any atom is -0.495 e. The van der Waals surface area contributed by atoms with Gasteiger partial charge in [0.05, 0.1) is 31.4 Å². The van der Waals surface area contributed by atoms with Gasteiger partial charge in [-0.2, -0.15) is 0 Å². The first-order valence-electron chi connectivity index (χ1n) is 10.8. The third kappa shape index (κ3) is 5.53. The van der Waals surface area contributed by atoms with E-state index >= 15 is 0 Å². The number of aryl methyl sites for hydroxylation is 1. The summed E-state index contributed by atoms with van der Waals surface area (Å²) in [6.45, 7) is 8.83. The quantitative estimate of drug-likeness (QED) is 0.254. The summed E-state index contributed by atoms with van der Waals surface area (Å²) in [5.41, 5.74) is 2.97. The highest BCUT2D eigenvalue weighted by Crippen LogP contribution is 2.32. The molecule has 1 unspecified atom stereocenters. The molecule has 0 aliphatic carbocycles. The summed E-state index contributed by atoms with van der Waals surface area (Å²) < 4.78 is 26.3. The molecule has 0 amide bonds. The molecular weight excluding hydrogens is 435 g/mol. The van der Waals surface area contributed by atoms with Crippen molar-refractivity contribution in [2.24, 2.45) is 5.90 Å². The summed E-state index contributed by atoms with van der Waals surface area (Å²) in [5, 5.41) is 0. The van der Waals surface area contributed by atoms with Crippen LogP contribution in [0, 0.1) is 12.7 Å². The number of methoxy groups -OCH3 is 2. The first-order chi connectivity index (χ1) is 16.3. The van der Waals surface area contributed by atoms with Crippen LogP contribution in [0.3, 0.4) is 0 Å². The number of nitrogens with zero attached hydrogens (tertiary/aromatic N) is 3. The van der Waals surface area contributed by atoms with Crippen molar-refractivity contribution in [3.8, 4) is 11.4 Å². The van der Waals surface area contributed by atoms with Gasteiger partial charge in [-0.05, 0) is 49.8 Å². The predicted octanol–water partition coefficient (Wildman–Crippen LogP) is 4.57. The molecule has 0 aliphatic heterocycles. The van der Waals surface area contributed by atoms with Crippen LogP contribution in [0.4, 0.5) is 4.39 Å². The standard InChI is InChI=1S/C26H31FN4O3/c1-19-17-30(18-29-19)24-13-8-21(16-25(24)33-5)7-6-20(2)31(14-15-32-4)26(3,34-28)22-9-11-23(27)12-10-22/h6-13,16-18H,2,14-15,28H2,1,3-5H3/b7-6+. The zero-order chi connectivity index (χ0) is 24.7. The van der Waals surface area contributed by atoms with E-state index in [2.05, 4.69) is 11.6 Å². The number of halogens is 1. The first kappa shape index (κ1) is 25.2. The van der Waals surface area contributed by atoms with Gasteiger partial charge in [0.25, 0.3) is 0 Å². The van der Waals surface area contributed by atoms with Crippen molar-refractivity contribution in [1.29, 1.82) is 0 Å². The van der Waals surface area contributed by atoms with Gasteiger partial charge < -0.3 is 18.9 Å². The monoisotopic (exact) mass is 466 g/mol. The zero-order valence-electron chi connectivity index (χ0n) is 20.0. The van der Waals surface area contributed by atoms with Crippen LogP contribution in [-0.2, 0) is 15.3 Å². The number of rotatable bonds is 11. The number of allylic oxidation sites excluding steroid dienone is 1. The lowest BCUT2D eigenvalue weighted by atomic mass is 10.0. The molecule has 34 heavy (non-hydrogen) atoms. The van der Waals surface area contributed by atoms with Gasteiger partial charge in [0.1, 0.15) is 11.6 Å². The normalized spacial score (nSPS) is 13.1. The smallest absolute Gasteiger partial charge is 0.184 e. The van der Waals surface area contributed by atoms with Gasteiger partial charge in [-0.3, -0.25) is 4.84 Å². The SMILES string of the molecule is C=C(/C=C/c1ccc(-n2cnc(C)c2)c(OC)c1)N(CCOC)C(C)(ON)c1ccc(F)cc1. The summed E-state index contributed by atoms with van der Waals surface area (Å²) in [6, 6.07) is 11.9. The van der Waals surface area contributed by atoms with Gasteiger partial charge in [0.15, 0.2) is 5.72 Å². The second kappa shape index (κ2) is 11.1. The molecule has 3 aromatic rings. The van der Waals surface area contributed by atoms with Crippen LogP contribution >= 0.6 is 0 Å². The van der Waals surface area contributed by atoms with E-state index in [9.17, 15) is 4.39 Å². The van der Waals surface area contributed by atoms with Crippen LogP contribution in [-0.4, -0.2) is 41.8 Å². The number of imidazole rings is 1. The van der Waals surface area contributed by atoms with Gasteiger partial charge in [0.2, 0.25) is 0 Å². The molecule has 2 N–H and O–H groups in total. The molecule has 2 aromatic carbocycles. The molecule has 1 atom stereocenters. The highest BCUT2D eigenvalue weighted by atomic mass is 19.1. The second-order valence-electron chi connectivity index (χ2n) is 7.93. The molecule has 0 bridgehead atoms. The zero-order valence-corrected chi connectivity index (χ0v) is 20.0. The van der Waals surface area contributed by atoms with E-state index in [0.29, 0.717) is 30.2 Å². The molecule has 1 aromatic heterocycles. The van der Waals surface area contributed by atoms with Crippen molar-refractivity contribution in [3.05, 3.63) is 96.0 Å². The Morgan fingerprint density at radius 1 is 1.24 bits per heavy atom. The third-order valence-corrected chi connectivity index (χ3v) is 5.65. The molecule has 0 spiro atoms. The molecule has 1 heterocycles. The summed E-state index contributed by atoms with van der Waals surface area (Å²) in [4.78, 5) is 11.6. The molecule has 0 saturated carbocycles. The highest BCUT2D eigenvalue weighted by molar-refractivity contribution is 5.60. The predicted molar refractivity (Wildman–Crippen MR) is 131 cm³/mol. The summed E-state index contributed by atoms with van der Waals surface area (Å²) in [7, 11) is 3.25. The Morgan fingerprint density at radius 3 is 2.56 bits per heavy atom. The van der Waals surface area contributed by atoms with Crippen LogP contribution in [0.1, 0.15) is 23.7 Å². The molecule has 7 nitrogen and oxygen atoms in total. The van der Waals surface area contributed by atoms with E-state index in [4.69, 9.17) is 20.2 Å². The fourth-order valence-electron chi connectivity index (χ4n) is 3.71. The minimum absolute atomic E-state index is 0.339. The van der Waals surface area contributed by atoms with Crippen LogP contribution in [0.15, 0.2) is 73.3 Å². The Balaban J connectivity index is 1.89. The molecular formula is C26H31FN4O3. The lowest BCUT2D eigenvalue weighted by Crippen LogP contribution is -2.48. The van der Waals surface area contributed by atoms with Gasteiger partial charge in [-0.25, -0.2) is 15.3 Å². The Hall–Kier alpha value is -3.46. The fraction of sp³-hybridized carbons (Fsp3) is 0.269. The van der Waals surface area contributed by atoms with Crippen LogP contribution in [0.25, 0.3) is 11.8 Å². The summed E-state index contributed by atoms with van der Waals surface area (Å²) in [5.74, 6) is 6.11. The number of benzene rings is 2. The molecule has 8 heteroatoms. The van der Waals surface area contributed by atoms with E-state index in [1.54, 1.807) is 39.6 Å². The third-order valence-electron chi connectivity index (χ3n) is 5.65. The van der Waals surface area contributed by atoms with Crippen LogP contribution < -0.4 is 10.6 Å². The molecule has 0 saturated heterocycles. The molecule has 0 aliphatic rings. The Morgan fingerprint density at radius 2 is 1.97 bits per heavy atom. The van der Waals surface area contributed by atoms with Crippen LogP contribution in [0.5, 0.6) is 5.75 Å². The molecule has 3 rings (SSSR count). The number of hydrogen-bond acceptors (Lipinski definition) is 6. The van der Waals surface area contributed by atoms with Gasteiger partial charge in [-0.15, -0.1) is 0 Å². The first-order valence-corrected chi connectivity index (χ1v) is 10.8. The Bertz CT molecular complexity index is 1140. The maximum atomic E-state index is 13.5. The van der Waals surface area contributed by atoms with Gasteiger partial charge in [0, 0.05) is 31.1 Å². The van der Waals surface area contributed by atoms with E-state index in [-0.39, 0.29) is 5.82 Å². The van der Waals surface area contributed by atoms with Crippen molar-refractivity contribution < 1.29 is 18.7 Å². The van der Waals surface area contributed by atoms with Gasteiger partial charge >= 0.3 is 0 Å². The van der Waals surface area contributed by atoms with Crippen molar-refractivity contribution in [2.75, 3.05) is 27.4 Å². The van der Waals surface area contributed by atoms with Crippen molar-refractivity contribution in [2.45, 2.75) is 19.6 Å². The van der Waals surface area contributed by atoms with Crippen molar-refractivity contribution in [1.82, 2.24) is 14.5 Å². The van der Waals surface area contributed by atoms with E-state index in [0.717, 1.165) is 16.9 Å². The largest absolute Gasteiger partial charge is 0.495 e. The number of aromatic nitrogens is 2. The molecule has 0 radical (unpaired) electrons. The molecule has 0 fully saturated rings. The lowest BCUT2D eigenvalue weighted by molar-refractivity contribution is -0.142. The van der Waals surface area contributed by atoms with Crippen molar-refractivity contribution in [3.63, 3.8) is 0 Å². The van der Waals surface area contributed by atoms with Crippen molar-refractivity contribution >= 4 is 6.08 Å². The molecule has 180 valence electrons. The topological polar surface area (TPSA) is 74.8 Å². The average molecular weight is 467 g/mol. The summed E-state index contributed by atoms with van der Waals surface area (Å²) in [6.07, 6.45) is 7.48. The maximum absolute atomic E-state index is 13.5. The average Bonchev–Trinajstić information content (AvgIpc) is 3.28. The number of hydrogen-bond donors (Lipinski definition) is 1. The van der Waals surface area contributed by atoms with Gasteiger partial charge in [-0.1, -0.05) is 30.9 Å². The Kier molecular flexibility index (Phi) is 8.22. The fourth-order valence-corrected chi connectivity index (χ4v) is 3.71. The number of ether oxygens (including phenoxy) is 2. The summed E-state index contributed by atoms with van der Waals surface area (Å²) >= 11 is 0.